The highest BCUT2D eigenvalue weighted by atomic mass is 32.5. The average molecular weight is 519 g/mol. The molecule has 1 unspecified atom stereocenters. The van der Waals surface area contributed by atoms with Gasteiger partial charge in [-0.2, -0.15) is 4.98 Å². The van der Waals surface area contributed by atoms with Gasteiger partial charge in [-0.25, -0.2) is 18.2 Å². The Bertz CT molecular complexity index is 1360. The molecule has 0 spiro atoms. The molecule has 4 N–H and O–H groups in total. The summed E-state index contributed by atoms with van der Waals surface area (Å²) in [5.74, 6) is 0.0671. The van der Waals surface area contributed by atoms with Gasteiger partial charge in [0.1, 0.15) is 11.9 Å². The molecule has 3 aromatic rings. The van der Waals surface area contributed by atoms with Crippen LogP contribution in [0.15, 0.2) is 35.4 Å². The quantitative estimate of drug-likeness (QED) is 0.426. The number of imidazole rings is 1. The summed E-state index contributed by atoms with van der Waals surface area (Å²) in [7, 11) is 0. The van der Waals surface area contributed by atoms with E-state index in [1.807, 2.05) is 0 Å². The number of nitrogens with two attached hydrogens (primary N) is 1. The van der Waals surface area contributed by atoms with Crippen molar-refractivity contribution in [3.63, 3.8) is 0 Å². The normalized spacial score (nSPS) is 31.0. The number of ether oxygens (including phenoxy) is 1. The molecule has 2 aliphatic rings. The van der Waals surface area contributed by atoms with Crippen molar-refractivity contribution >= 4 is 35.6 Å². The van der Waals surface area contributed by atoms with Crippen LogP contribution >= 0.6 is 6.72 Å². The summed E-state index contributed by atoms with van der Waals surface area (Å²) >= 11 is 5.26. The van der Waals surface area contributed by atoms with E-state index in [9.17, 15) is 18.7 Å². The summed E-state index contributed by atoms with van der Waals surface area (Å²) in [6, 6.07) is 6.80. The summed E-state index contributed by atoms with van der Waals surface area (Å²) < 4.78 is 66.4. The van der Waals surface area contributed by atoms with Crippen LogP contribution in [0.2, 0.25) is 0 Å². The number of aliphatic hydroxyl groups is 1. The predicted octanol–water partition coefficient (Wildman–Crippen LogP) is 1.78. The maximum Gasteiger partial charge on any atom is 0.381 e. The molecule has 4 heterocycles. The van der Waals surface area contributed by atoms with Crippen molar-refractivity contribution in [2.75, 3.05) is 12.3 Å². The minimum Gasteiger partial charge on any atom is -0.424 e. The summed E-state index contributed by atoms with van der Waals surface area (Å²) in [5, 5.41) is 10.5. The molecular formula is C18H17F3N5O6PS. The van der Waals surface area contributed by atoms with E-state index in [4.69, 9.17) is 35.8 Å². The van der Waals surface area contributed by atoms with Gasteiger partial charge < -0.3 is 20.1 Å². The summed E-state index contributed by atoms with van der Waals surface area (Å²) in [4.78, 5) is 21.9. The van der Waals surface area contributed by atoms with Gasteiger partial charge in [0, 0.05) is 17.4 Å². The first-order valence-corrected chi connectivity index (χ1v) is 12.4. The number of rotatable bonds is 5. The van der Waals surface area contributed by atoms with E-state index in [0.29, 0.717) is 11.3 Å². The number of para-hydroxylation sites is 1. The number of anilines is 1. The number of hydrogen-bond acceptors (Lipinski definition) is 10. The van der Waals surface area contributed by atoms with Crippen molar-refractivity contribution in [2.45, 2.75) is 37.1 Å². The zero-order chi connectivity index (χ0) is 24.3. The number of benzene rings is 1. The molecule has 16 heteroatoms. The Hall–Kier alpha value is -2.55. The van der Waals surface area contributed by atoms with Gasteiger partial charge in [-0.05, 0) is 6.07 Å². The molecule has 11 nitrogen and oxygen atoms in total. The number of aromatic nitrogens is 4. The van der Waals surface area contributed by atoms with Crippen molar-refractivity contribution in [3.05, 3.63) is 46.5 Å². The third-order valence-electron chi connectivity index (χ3n) is 5.52. The van der Waals surface area contributed by atoms with Gasteiger partial charge in [-0.3, -0.25) is 23.4 Å². The lowest BCUT2D eigenvalue weighted by atomic mass is 9.97. The van der Waals surface area contributed by atoms with Crippen molar-refractivity contribution < 1.29 is 36.6 Å². The number of fused-ring (bicyclic) bond motifs is 2. The van der Waals surface area contributed by atoms with Gasteiger partial charge in [0.15, 0.2) is 29.2 Å². The van der Waals surface area contributed by atoms with Gasteiger partial charge in [-0.15, -0.1) is 0 Å². The van der Waals surface area contributed by atoms with E-state index in [-0.39, 0.29) is 23.7 Å². The molecular weight excluding hydrogens is 502 g/mol. The average Bonchev–Trinajstić information content (AvgIpc) is 3.32. The molecule has 0 radical (unpaired) electrons. The molecule has 5 rings (SSSR count). The van der Waals surface area contributed by atoms with Crippen LogP contribution in [0.3, 0.4) is 0 Å². The highest BCUT2D eigenvalue weighted by molar-refractivity contribution is 8.07. The first-order valence-electron chi connectivity index (χ1n) is 9.80. The monoisotopic (exact) mass is 519 g/mol. The second kappa shape index (κ2) is 8.29. The number of H-pyrrole nitrogens is 1. The molecule has 34 heavy (non-hydrogen) atoms. The first kappa shape index (κ1) is 23.2. The molecule has 0 aliphatic carbocycles. The van der Waals surface area contributed by atoms with Crippen LogP contribution in [0.4, 0.5) is 19.1 Å². The highest BCUT2D eigenvalue weighted by Gasteiger charge is 2.62. The predicted molar refractivity (Wildman–Crippen MR) is 114 cm³/mol. The number of aromatic amines is 1. The largest absolute Gasteiger partial charge is 0.424 e. The Morgan fingerprint density at radius 2 is 2.21 bits per heavy atom. The lowest BCUT2D eigenvalue weighted by Crippen LogP contribution is -2.52. The summed E-state index contributed by atoms with van der Waals surface area (Å²) in [6.07, 6.45) is -8.95. The van der Waals surface area contributed by atoms with Crippen LogP contribution < -0.4 is 15.8 Å². The van der Waals surface area contributed by atoms with Crippen molar-refractivity contribution in [2.24, 2.45) is 0 Å². The number of aliphatic hydroxyl groups excluding tert-OH is 1. The molecule has 0 amide bonds. The van der Waals surface area contributed by atoms with E-state index in [1.165, 1.54) is 0 Å². The fraction of sp³-hybridized carbons (Fsp3) is 0.389. The molecule has 182 valence electrons. The molecule has 1 fully saturated rings. The number of nitrogens with one attached hydrogen (secondary N) is 1. The van der Waals surface area contributed by atoms with E-state index in [1.54, 1.807) is 24.3 Å². The number of halogens is 3. The second-order valence-corrected chi connectivity index (χ2v) is 10.6. The fourth-order valence-electron chi connectivity index (χ4n) is 3.74. The van der Waals surface area contributed by atoms with Gasteiger partial charge >= 0.3 is 6.72 Å². The standard InChI is InChI=1S/C18H17F3N5O6PS/c19-10-12(27)18(16(20)21,6-30-33(34)29-5-8-3-1-2-4-9(8)32-33)31-15(10)26-7-23-11-13(26)24-17(22)25-14(11)28/h1-4,7,10,12,15-16,27H,5-6H2,(H3,22,24,25,28)/t10-,12-,15+,18+,33?/m0/s1. The van der Waals surface area contributed by atoms with Crippen LogP contribution in [0.1, 0.15) is 11.8 Å². The Labute approximate surface area is 193 Å². The lowest BCUT2D eigenvalue weighted by Gasteiger charge is -2.34. The zero-order valence-electron chi connectivity index (χ0n) is 17.0. The van der Waals surface area contributed by atoms with Crippen LogP contribution in [0.25, 0.3) is 11.2 Å². The van der Waals surface area contributed by atoms with Crippen LogP contribution in [-0.2, 0) is 32.2 Å². The molecule has 0 bridgehead atoms. The molecule has 5 atom stereocenters. The molecule has 1 aromatic carbocycles. The van der Waals surface area contributed by atoms with E-state index < -0.39 is 49.4 Å². The molecule has 0 saturated carbocycles. The van der Waals surface area contributed by atoms with Crippen LogP contribution in [-0.4, -0.2) is 55.5 Å². The van der Waals surface area contributed by atoms with Crippen LogP contribution in [0.5, 0.6) is 5.75 Å². The van der Waals surface area contributed by atoms with Gasteiger partial charge in [0.25, 0.3) is 12.0 Å². The number of nitrogens with zero attached hydrogens (tertiary/aromatic N) is 3. The second-order valence-electron chi connectivity index (χ2n) is 7.62. The summed E-state index contributed by atoms with van der Waals surface area (Å²) in [5.41, 5.74) is 2.23. The molecule has 2 aromatic heterocycles. The van der Waals surface area contributed by atoms with Crippen molar-refractivity contribution in [1.82, 2.24) is 19.5 Å². The molecule has 1 saturated heterocycles. The van der Waals surface area contributed by atoms with E-state index in [2.05, 4.69) is 15.0 Å². The third-order valence-corrected chi connectivity index (χ3v) is 7.69. The van der Waals surface area contributed by atoms with Gasteiger partial charge in [0.05, 0.1) is 19.5 Å². The van der Waals surface area contributed by atoms with E-state index in [0.717, 1.165) is 10.9 Å². The van der Waals surface area contributed by atoms with Crippen molar-refractivity contribution in [1.29, 1.82) is 0 Å². The SMILES string of the molecule is Nc1nc2c(ncn2[C@@H]2O[C@@](COP3(=S)OCc4ccccc4O3)(C(F)F)[C@@H](O)[C@@H]2F)c(=O)[nH]1. The fourth-order valence-corrected chi connectivity index (χ4v) is 5.55. The van der Waals surface area contributed by atoms with Gasteiger partial charge in [-0.1, -0.05) is 18.2 Å². The maximum atomic E-state index is 15.2. The Morgan fingerprint density at radius 3 is 2.97 bits per heavy atom. The molecule has 2 aliphatic heterocycles. The number of hydrogen-bond donors (Lipinski definition) is 3. The van der Waals surface area contributed by atoms with Crippen molar-refractivity contribution in [3.8, 4) is 5.75 Å². The minimum absolute atomic E-state index is 0.0234. The van der Waals surface area contributed by atoms with Crippen LogP contribution in [0, 0.1) is 0 Å². The topological polar surface area (TPSA) is 147 Å². The zero-order valence-corrected chi connectivity index (χ0v) is 18.7. The number of alkyl halides is 3. The first-order chi connectivity index (χ1) is 16.1. The van der Waals surface area contributed by atoms with E-state index >= 15 is 4.39 Å². The Balaban J connectivity index is 1.43. The summed E-state index contributed by atoms with van der Waals surface area (Å²) in [6.45, 7) is -4.58. The Morgan fingerprint density at radius 1 is 1.44 bits per heavy atom. The Kier molecular flexibility index (Phi) is 5.66. The minimum atomic E-state index is -3.57. The van der Waals surface area contributed by atoms with Gasteiger partial charge in [0.2, 0.25) is 5.95 Å². The smallest absolute Gasteiger partial charge is 0.381 e. The number of nitrogen functional groups attached to an aromatic ring is 1. The highest BCUT2D eigenvalue weighted by Crippen LogP contribution is 2.56. The lowest BCUT2D eigenvalue weighted by molar-refractivity contribution is -0.192. The third kappa shape index (κ3) is 3.68. The maximum absolute atomic E-state index is 15.2.